The Morgan fingerprint density at radius 1 is 1.05 bits per heavy atom. The van der Waals surface area contributed by atoms with Crippen LogP contribution < -0.4 is 4.72 Å². The molecule has 0 saturated heterocycles. The lowest BCUT2D eigenvalue weighted by atomic mass is 10.1. The molecule has 0 spiro atoms. The lowest BCUT2D eigenvalue weighted by molar-refractivity contribution is 0.282. The number of aliphatic hydroxyl groups excluding tert-OH is 1. The molecule has 5 nitrogen and oxygen atoms in total. The highest BCUT2D eigenvalue weighted by atomic mass is 32.2. The van der Waals surface area contributed by atoms with Gasteiger partial charge in [-0.2, -0.15) is 0 Å². The van der Waals surface area contributed by atoms with Crippen molar-refractivity contribution in [1.82, 2.24) is 9.71 Å². The third-order valence-corrected chi connectivity index (χ3v) is 3.90. The number of nitrogens with one attached hydrogen (secondary N) is 1. The van der Waals surface area contributed by atoms with Crippen LogP contribution in [0.15, 0.2) is 53.7 Å². The van der Waals surface area contributed by atoms with E-state index in [9.17, 15) is 8.42 Å². The quantitative estimate of drug-likeness (QED) is 0.857. The molecule has 19 heavy (non-hydrogen) atoms. The molecule has 0 bridgehead atoms. The molecule has 0 aliphatic rings. The standard InChI is InChI=1S/C13H14N2O3S/c16-10-12-6-4-11(5-7-12)9-15-19(17,18)13-3-1-2-8-14-13/h1-8,15-16H,9-10H2. The van der Waals surface area contributed by atoms with Crippen molar-refractivity contribution in [3.8, 4) is 0 Å². The Morgan fingerprint density at radius 3 is 2.32 bits per heavy atom. The molecule has 0 amide bonds. The van der Waals surface area contributed by atoms with Gasteiger partial charge in [-0.3, -0.25) is 0 Å². The number of aromatic nitrogens is 1. The van der Waals surface area contributed by atoms with Crippen LogP contribution in [-0.2, 0) is 23.2 Å². The number of pyridine rings is 1. The fourth-order valence-corrected chi connectivity index (χ4v) is 2.48. The average Bonchev–Trinajstić information content (AvgIpc) is 2.47. The van der Waals surface area contributed by atoms with Crippen LogP contribution in [0.4, 0.5) is 0 Å². The molecule has 2 aromatic rings. The van der Waals surface area contributed by atoms with Gasteiger partial charge in [-0.15, -0.1) is 0 Å². The van der Waals surface area contributed by atoms with E-state index in [1.807, 2.05) is 0 Å². The van der Waals surface area contributed by atoms with Crippen molar-refractivity contribution in [2.24, 2.45) is 0 Å². The number of aliphatic hydroxyl groups is 1. The van der Waals surface area contributed by atoms with Gasteiger partial charge in [0.25, 0.3) is 10.0 Å². The number of sulfonamides is 1. The largest absolute Gasteiger partial charge is 0.392 e. The monoisotopic (exact) mass is 278 g/mol. The molecule has 2 N–H and O–H groups in total. The fraction of sp³-hybridized carbons (Fsp3) is 0.154. The van der Waals surface area contributed by atoms with Crippen LogP contribution in [0.25, 0.3) is 0 Å². The maximum Gasteiger partial charge on any atom is 0.258 e. The van der Waals surface area contributed by atoms with Gasteiger partial charge < -0.3 is 5.11 Å². The molecular formula is C13H14N2O3S. The fourth-order valence-electron chi connectivity index (χ4n) is 1.52. The highest BCUT2D eigenvalue weighted by Gasteiger charge is 2.14. The summed E-state index contributed by atoms with van der Waals surface area (Å²) in [7, 11) is -3.58. The van der Waals surface area contributed by atoms with Crippen molar-refractivity contribution in [1.29, 1.82) is 0 Å². The van der Waals surface area contributed by atoms with E-state index in [1.165, 1.54) is 12.3 Å². The summed E-state index contributed by atoms with van der Waals surface area (Å²) in [6.45, 7) is 0.157. The van der Waals surface area contributed by atoms with Gasteiger partial charge in [0, 0.05) is 12.7 Å². The molecule has 1 heterocycles. The maximum atomic E-state index is 11.9. The topological polar surface area (TPSA) is 79.3 Å². The SMILES string of the molecule is O=S(=O)(NCc1ccc(CO)cc1)c1ccccn1. The van der Waals surface area contributed by atoms with Crippen LogP contribution in [0.5, 0.6) is 0 Å². The summed E-state index contributed by atoms with van der Waals surface area (Å²) < 4.78 is 26.3. The minimum Gasteiger partial charge on any atom is -0.392 e. The summed E-state index contributed by atoms with van der Waals surface area (Å²) in [5.74, 6) is 0. The van der Waals surface area contributed by atoms with Crippen LogP contribution in [0.1, 0.15) is 11.1 Å². The lowest BCUT2D eigenvalue weighted by Crippen LogP contribution is -2.24. The van der Waals surface area contributed by atoms with E-state index in [0.717, 1.165) is 11.1 Å². The third-order valence-electron chi connectivity index (χ3n) is 2.58. The summed E-state index contributed by atoms with van der Waals surface area (Å²) in [6, 6.07) is 11.8. The van der Waals surface area contributed by atoms with Gasteiger partial charge in [0.2, 0.25) is 0 Å². The number of nitrogens with zero attached hydrogens (tertiary/aromatic N) is 1. The van der Waals surface area contributed by atoms with Crippen molar-refractivity contribution in [3.05, 3.63) is 59.8 Å². The first-order chi connectivity index (χ1) is 9.12. The van der Waals surface area contributed by atoms with E-state index >= 15 is 0 Å². The summed E-state index contributed by atoms with van der Waals surface area (Å²) in [5.41, 5.74) is 1.60. The van der Waals surface area contributed by atoms with Crippen molar-refractivity contribution in [2.75, 3.05) is 0 Å². The second-order valence-corrected chi connectivity index (χ2v) is 5.68. The zero-order valence-electron chi connectivity index (χ0n) is 10.2. The van der Waals surface area contributed by atoms with Crippen LogP contribution in [0.2, 0.25) is 0 Å². The van der Waals surface area contributed by atoms with E-state index in [-0.39, 0.29) is 18.2 Å². The third kappa shape index (κ3) is 3.60. The molecule has 0 unspecified atom stereocenters. The van der Waals surface area contributed by atoms with Gasteiger partial charge in [-0.05, 0) is 23.3 Å². The molecule has 1 aromatic heterocycles. The molecule has 0 fully saturated rings. The molecule has 2 rings (SSSR count). The van der Waals surface area contributed by atoms with E-state index in [1.54, 1.807) is 36.4 Å². The normalized spacial score (nSPS) is 11.4. The molecule has 0 radical (unpaired) electrons. The van der Waals surface area contributed by atoms with Gasteiger partial charge in [-0.1, -0.05) is 30.3 Å². The van der Waals surface area contributed by atoms with Gasteiger partial charge in [0.1, 0.15) is 0 Å². The minimum absolute atomic E-state index is 0.00183. The first kappa shape index (κ1) is 13.7. The highest BCUT2D eigenvalue weighted by molar-refractivity contribution is 7.89. The molecule has 100 valence electrons. The summed E-state index contributed by atoms with van der Waals surface area (Å²) in [5, 5.41) is 8.92. The molecular weight excluding hydrogens is 264 g/mol. The molecule has 6 heteroatoms. The van der Waals surface area contributed by atoms with E-state index in [0.29, 0.717) is 0 Å². The van der Waals surface area contributed by atoms with Gasteiger partial charge in [0.15, 0.2) is 5.03 Å². The maximum absolute atomic E-state index is 11.9. The highest BCUT2D eigenvalue weighted by Crippen LogP contribution is 2.07. The zero-order chi connectivity index (χ0) is 13.7. The van der Waals surface area contributed by atoms with Crippen LogP contribution in [0.3, 0.4) is 0 Å². The van der Waals surface area contributed by atoms with Crippen molar-refractivity contribution in [2.45, 2.75) is 18.2 Å². The Balaban J connectivity index is 2.05. The van der Waals surface area contributed by atoms with E-state index in [2.05, 4.69) is 9.71 Å². The zero-order valence-corrected chi connectivity index (χ0v) is 11.0. The van der Waals surface area contributed by atoms with Crippen LogP contribution >= 0.6 is 0 Å². The Labute approximate surface area is 112 Å². The smallest absolute Gasteiger partial charge is 0.258 e. The van der Waals surface area contributed by atoms with Gasteiger partial charge in [-0.25, -0.2) is 18.1 Å². The second-order valence-electron chi connectivity index (χ2n) is 3.97. The molecule has 0 atom stereocenters. The molecule has 0 aliphatic heterocycles. The van der Waals surface area contributed by atoms with E-state index in [4.69, 9.17) is 5.11 Å². The minimum atomic E-state index is -3.58. The van der Waals surface area contributed by atoms with Gasteiger partial charge >= 0.3 is 0 Å². The van der Waals surface area contributed by atoms with E-state index < -0.39 is 10.0 Å². The predicted octanol–water partition coefficient (Wildman–Crippen LogP) is 1.05. The Kier molecular flexibility index (Phi) is 4.26. The first-order valence-corrected chi connectivity index (χ1v) is 7.19. The number of rotatable bonds is 5. The summed E-state index contributed by atoms with van der Waals surface area (Å²) >= 11 is 0. The second kappa shape index (κ2) is 5.92. The Bertz CT molecular complexity index is 625. The summed E-state index contributed by atoms with van der Waals surface area (Å²) in [4.78, 5) is 3.81. The van der Waals surface area contributed by atoms with Crippen molar-refractivity contribution >= 4 is 10.0 Å². The van der Waals surface area contributed by atoms with Crippen LogP contribution in [-0.4, -0.2) is 18.5 Å². The predicted molar refractivity (Wildman–Crippen MR) is 70.6 cm³/mol. The first-order valence-electron chi connectivity index (χ1n) is 5.71. The van der Waals surface area contributed by atoms with Crippen LogP contribution in [0, 0.1) is 0 Å². The summed E-state index contributed by atoms with van der Waals surface area (Å²) in [6.07, 6.45) is 1.44. The van der Waals surface area contributed by atoms with Crippen molar-refractivity contribution < 1.29 is 13.5 Å². The number of hydrogen-bond acceptors (Lipinski definition) is 4. The Morgan fingerprint density at radius 2 is 1.74 bits per heavy atom. The molecule has 0 aliphatic carbocycles. The lowest BCUT2D eigenvalue weighted by Gasteiger charge is -2.06. The average molecular weight is 278 g/mol. The van der Waals surface area contributed by atoms with Crippen molar-refractivity contribution in [3.63, 3.8) is 0 Å². The number of hydrogen-bond donors (Lipinski definition) is 2. The Hall–Kier alpha value is -1.76. The van der Waals surface area contributed by atoms with Gasteiger partial charge in [0.05, 0.1) is 6.61 Å². The molecule has 0 saturated carbocycles. The molecule has 1 aromatic carbocycles. The number of benzene rings is 1.